The van der Waals surface area contributed by atoms with Crippen LogP contribution in [0.5, 0.6) is 0 Å². The van der Waals surface area contributed by atoms with Gasteiger partial charge in [-0.2, -0.15) is 0 Å². The second kappa shape index (κ2) is 5.70. The molecule has 5 N–H and O–H groups in total. The van der Waals surface area contributed by atoms with Gasteiger partial charge in [0.05, 0.1) is 15.8 Å². The third kappa shape index (κ3) is 2.63. The van der Waals surface area contributed by atoms with Gasteiger partial charge in [-0.25, -0.2) is 15.0 Å². The van der Waals surface area contributed by atoms with Crippen molar-refractivity contribution in [2.24, 2.45) is 16.5 Å². The Morgan fingerprint density at radius 3 is 2.73 bits per heavy atom. The lowest BCUT2D eigenvalue weighted by Crippen LogP contribution is -2.22. The first-order valence-electron chi connectivity index (χ1n) is 6.25. The molecule has 0 unspecified atom stereocenters. The third-order valence-corrected chi connectivity index (χ3v) is 4.17. The van der Waals surface area contributed by atoms with Crippen LogP contribution >= 0.6 is 22.9 Å². The van der Waals surface area contributed by atoms with Crippen molar-refractivity contribution in [2.75, 3.05) is 0 Å². The number of para-hydroxylation sites is 1. The molecule has 0 fully saturated rings. The van der Waals surface area contributed by atoms with Crippen molar-refractivity contribution in [1.82, 2.24) is 9.97 Å². The van der Waals surface area contributed by atoms with Crippen LogP contribution in [-0.4, -0.2) is 21.6 Å². The van der Waals surface area contributed by atoms with Gasteiger partial charge in [0.15, 0.2) is 0 Å². The minimum Gasteiger partial charge on any atom is -0.384 e. The largest absolute Gasteiger partial charge is 0.384 e. The quantitative estimate of drug-likeness (QED) is 0.389. The monoisotopic (exact) mass is 330 g/mol. The van der Waals surface area contributed by atoms with Crippen LogP contribution < -0.4 is 11.5 Å². The first kappa shape index (κ1) is 14.4. The summed E-state index contributed by atoms with van der Waals surface area (Å²) >= 11 is 7.49. The number of nitrogens with two attached hydrogens (primary N) is 2. The maximum atomic E-state index is 7.60. The number of thiazole rings is 1. The lowest BCUT2D eigenvalue weighted by Gasteiger charge is -2.08. The first-order valence-corrected chi connectivity index (χ1v) is 7.44. The highest BCUT2D eigenvalue weighted by Crippen LogP contribution is 2.28. The predicted octanol–water partition coefficient (Wildman–Crippen LogP) is 2.67. The van der Waals surface area contributed by atoms with Crippen molar-refractivity contribution in [3.05, 3.63) is 52.8 Å². The molecular weight excluding hydrogens is 320 g/mol. The number of benzene rings is 1. The lowest BCUT2D eigenvalue weighted by molar-refractivity contribution is 1.27. The fourth-order valence-electron chi connectivity index (χ4n) is 1.97. The average Bonchev–Trinajstić information content (AvgIpc) is 2.88. The Bertz CT molecular complexity index is 868. The van der Waals surface area contributed by atoms with Crippen LogP contribution in [0.1, 0.15) is 11.1 Å². The van der Waals surface area contributed by atoms with Crippen molar-refractivity contribution < 1.29 is 0 Å². The van der Waals surface area contributed by atoms with E-state index in [0.29, 0.717) is 16.3 Å². The summed E-state index contributed by atoms with van der Waals surface area (Å²) in [7, 11) is 0. The molecule has 1 aromatic carbocycles. The zero-order valence-corrected chi connectivity index (χ0v) is 12.8. The number of rotatable bonds is 3. The van der Waals surface area contributed by atoms with E-state index in [9.17, 15) is 0 Å². The zero-order chi connectivity index (χ0) is 15.7. The topological polar surface area (TPSA) is 114 Å². The standard InChI is InChI=1S/C14H11ClN6S/c15-11-10(7(12(16)17)5-6-19-11)13(18)21-14-20-8-3-1-2-4-9(8)22-14/h1-6H,(H3,16,17)(H2,18,20,21). The van der Waals surface area contributed by atoms with Crippen LogP contribution in [0.2, 0.25) is 5.15 Å². The summed E-state index contributed by atoms with van der Waals surface area (Å²) < 4.78 is 1.01. The Hall–Kier alpha value is -2.51. The molecule has 0 aliphatic carbocycles. The van der Waals surface area contributed by atoms with Crippen molar-refractivity contribution in [3.63, 3.8) is 0 Å². The van der Waals surface area contributed by atoms with Crippen LogP contribution in [0.25, 0.3) is 10.2 Å². The van der Waals surface area contributed by atoms with Gasteiger partial charge in [-0.3, -0.25) is 5.41 Å². The number of pyridine rings is 1. The zero-order valence-electron chi connectivity index (χ0n) is 11.2. The molecule has 0 saturated heterocycles. The van der Waals surface area contributed by atoms with E-state index in [-0.39, 0.29) is 16.8 Å². The number of hydrogen-bond donors (Lipinski definition) is 3. The van der Waals surface area contributed by atoms with Gasteiger partial charge < -0.3 is 11.5 Å². The molecule has 110 valence electrons. The van der Waals surface area contributed by atoms with E-state index in [4.69, 9.17) is 28.5 Å². The van der Waals surface area contributed by atoms with Crippen LogP contribution in [0.3, 0.4) is 0 Å². The van der Waals surface area contributed by atoms with Gasteiger partial charge in [-0.05, 0) is 18.2 Å². The lowest BCUT2D eigenvalue weighted by atomic mass is 10.1. The SMILES string of the molecule is N=C(N)c1ccnc(Cl)c1/C(N)=N/c1nc2ccccc2s1. The molecule has 2 aromatic heterocycles. The Morgan fingerprint density at radius 1 is 1.23 bits per heavy atom. The molecule has 6 nitrogen and oxygen atoms in total. The molecule has 0 bridgehead atoms. The number of aromatic nitrogens is 2. The molecule has 3 rings (SSSR count). The first-order chi connectivity index (χ1) is 10.6. The minimum absolute atomic E-state index is 0.127. The number of aliphatic imine (C=N–C) groups is 1. The van der Waals surface area contributed by atoms with Crippen LogP contribution in [-0.2, 0) is 0 Å². The van der Waals surface area contributed by atoms with Gasteiger partial charge in [0.2, 0.25) is 5.13 Å². The van der Waals surface area contributed by atoms with Gasteiger partial charge in [0, 0.05) is 11.8 Å². The fraction of sp³-hybridized carbons (Fsp3) is 0. The number of hydrogen-bond acceptors (Lipinski definition) is 5. The molecule has 0 spiro atoms. The highest BCUT2D eigenvalue weighted by molar-refractivity contribution is 7.22. The molecule has 3 aromatic rings. The summed E-state index contributed by atoms with van der Waals surface area (Å²) in [5.41, 5.74) is 13.2. The summed E-state index contributed by atoms with van der Waals surface area (Å²) in [5.74, 6) is -0.0240. The number of amidine groups is 2. The normalized spacial score (nSPS) is 11.8. The van der Waals surface area contributed by atoms with Crippen molar-refractivity contribution in [2.45, 2.75) is 0 Å². The summed E-state index contributed by atoms with van der Waals surface area (Å²) in [6.45, 7) is 0. The van der Waals surface area contributed by atoms with Crippen molar-refractivity contribution in [1.29, 1.82) is 5.41 Å². The Labute approximate surface area is 135 Å². The van der Waals surface area contributed by atoms with E-state index >= 15 is 0 Å². The maximum Gasteiger partial charge on any atom is 0.212 e. The highest BCUT2D eigenvalue weighted by atomic mass is 35.5. The van der Waals surface area contributed by atoms with E-state index in [0.717, 1.165) is 10.2 Å². The molecule has 0 atom stereocenters. The molecular formula is C14H11ClN6S. The summed E-state index contributed by atoms with van der Waals surface area (Å²) in [4.78, 5) is 12.6. The minimum atomic E-state index is -0.151. The highest BCUT2D eigenvalue weighted by Gasteiger charge is 2.15. The van der Waals surface area contributed by atoms with Crippen LogP contribution in [0, 0.1) is 5.41 Å². The Kier molecular flexibility index (Phi) is 3.74. The average molecular weight is 331 g/mol. The number of halogens is 1. The molecule has 0 aliphatic heterocycles. The molecule has 0 radical (unpaired) electrons. The fourth-order valence-corrected chi connectivity index (χ4v) is 3.08. The van der Waals surface area contributed by atoms with E-state index in [1.165, 1.54) is 17.5 Å². The van der Waals surface area contributed by atoms with Gasteiger partial charge >= 0.3 is 0 Å². The number of fused-ring (bicyclic) bond motifs is 1. The van der Waals surface area contributed by atoms with E-state index in [1.54, 1.807) is 6.07 Å². The van der Waals surface area contributed by atoms with E-state index in [2.05, 4.69) is 15.0 Å². The Balaban J connectivity index is 2.10. The number of nitrogen functional groups attached to an aromatic ring is 1. The van der Waals surface area contributed by atoms with Gasteiger partial charge in [-0.1, -0.05) is 35.1 Å². The predicted molar refractivity (Wildman–Crippen MR) is 90.3 cm³/mol. The number of nitrogens with one attached hydrogen (secondary N) is 1. The third-order valence-electron chi connectivity index (χ3n) is 2.95. The smallest absolute Gasteiger partial charge is 0.212 e. The Morgan fingerprint density at radius 2 is 2.00 bits per heavy atom. The summed E-state index contributed by atoms with van der Waals surface area (Å²) in [6, 6.07) is 9.28. The van der Waals surface area contributed by atoms with Gasteiger partial charge in [0.1, 0.15) is 16.8 Å². The molecule has 22 heavy (non-hydrogen) atoms. The molecule has 0 saturated carbocycles. The number of nitrogens with zero attached hydrogens (tertiary/aromatic N) is 3. The van der Waals surface area contributed by atoms with Crippen LogP contribution in [0.15, 0.2) is 41.5 Å². The van der Waals surface area contributed by atoms with E-state index in [1.807, 2.05) is 24.3 Å². The van der Waals surface area contributed by atoms with Gasteiger partial charge in [0.25, 0.3) is 0 Å². The molecule has 2 heterocycles. The van der Waals surface area contributed by atoms with E-state index < -0.39 is 0 Å². The van der Waals surface area contributed by atoms with Crippen LogP contribution in [0.4, 0.5) is 5.13 Å². The molecule has 0 aliphatic rings. The summed E-state index contributed by atoms with van der Waals surface area (Å²) in [5, 5.41) is 8.26. The van der Waals surface area contributed by atoms with Crippen molar-refractivity contribution in [3.8, 4) is 0 Å². The molecule has 8 heteroatoms. The maximum absolute atomic E-state index is 7.60. The molecule has 0 amide bonds. The summed E-state index contributed by atoms with van der Waals surface area (Å²) in [6.07, 6.45) is 1.47. The van der Waals surface area contributed by atoms with Crippen molar-refractivity contribution >= 4 is 50.0 Å². The van der Waals surface area contributed by atoms with Gasteiger partial charge in [-0.15, -0.1) is 0 Å². The second-order valence-corrected chi connectivity index (χ2v) is 5.77. The second-order valence-electron chi connectivity index (χ2n) is 4.40.